The average Bonchev–Trinajstić information content (AvgIpc) is 3.06. The number of ketones is 1. The number of anilines is 1. The highest BCUT2D eigenvalue weighted by Crippen LogP contribution is 2.34. The number of carbonyl (C=O) groups is 4. The van der Waals surface area contributed by atoms with Crippen LogP contribution < -0.4 is 4.90 Å². The maximum Gasteiger partial charge on any atom is 0.338 e. The molecular weight excluding hydrogens is 465 g/mol. The fourth-order valence-electron chi connectivity index (χ4n) is 3.44. The Morgan fingerprint density at radius 1 is 0.818 bits per heavy atom. The lowest BCUT2D eigenvalue weighted by molar-refractivity contribution is 0.0474. The van der Waals surface area contributed by atoms with Gasteiger partial charge in [-0.1, -0.05) is 54.4 Å². The number of Topliss-reactive ketones (excluding diaryl/α,β-unsaturated/α-hetero) is 1. The van der Waals surface area contributed by atoms with Crippen LogP contribution in [0.3, 0.4) is 0 Å². The van der Waals surface area contributed by atoms with Crippen LogP contribution in [-0.2, 0) is 11.2 Å². The number of esters is 1. The predicted molar refractivity (Wildman–Crippen MR) is 124 cm³/mol. The Balaban J connectivity index is 1.43. The number of benzene rings is 3. The van der Waals surface area contributed by atoms with Gasteiger partial charge in [0.2, 0.25) is 0 Å². The van der Waals surface area contributed by atoms with Crippen molar-refractivity contribution < 1.29 is 23.9 Å². The van der Waals surface area contributed by atoms with E-state index in [0.717, 1.165) is 16.9 Å². The van der Waals surface area contributed by atoms with Crippen molar-refractivity contribution in [2.45, 2.75) is 13.3 Å². The van der Waals surface area contributed by atoms with Gasteiger partial charge in [0.15, 0.2) is 12.4 Å². The molecule has 6 nitrogen and oxygen atoms in total. The Kier molecular flexibility index (Phi) is 6.31. The third kappa shape index (κ3) is 4.40. The van der Waals surface area contributed by atoms with Crippen LogP contribution in [0.5, 0.6) is 0 Å². The van der Waals surface area contributed by atoms with E-state index < -0.39 is 24.4 Å². The second-order valence-electron chi connectivity index (χ2n) is 7.35. The maximum absolute atomic E-state index is 12.7. The van der Waals surface area contributed by atoms with Crippen LogP contribution in [0.1, 0.15) is 53.9 Å². The molecule has 4 rings (SSSR count). The summed E-state index contributed by atoms with van der Waals surface area (Å²) < 4.78 is 5.12. The Morgan fingerprint density at radius 2 is 1.33 bits per heavy atom. The number of aryl methyl sites for hydroxylation is 1. The summed E-state index contributed by atoms with van der Waals surface area (Å²) in [6.45, 7) is 1.62. The molecule has 0 spiro atoms. The predicted octanol–water partition coefficient (Wildman–Crippen LogP) is 5.40. The molecule has 0 radical (unpaired) electrons. The molecule has 0 unspecified atom stereocenters. The molecule has 3 aromatic rings. The summed E-state index contributed by atoms with van der Waals surface area (Å²) >= 11 is 11.9. The van der Waals surface area contributed by atoms with Crippen LogP contribution in [-0.4, -0.2) is 30.2 Å². The van der Waals surface area contributed by atoms with Crippen molar-refractivity contribution in [3.63, 3.8) is 0 Å². The van der Waals surface area contributed by atoms with E-state index in [9.17, 15) is 19.2 Å². The largest absolute Gasteiger partial charge is 0.454 e. The number of nitrogens with zero attached hydrogens (tertiary/aromatic N) is 1. The lowest BCUT2D eigenvalue weighted by Crippen LogP contribution is -2.29. The van der Waals surface area contributed by atoms with Gasteiger partial charge in [-0.15, -0.1) is 0 Å². The standard InChI is InChI=1S/C25H17Cl2NO5/c1-2-14-3-5-15(6-4-14)22(29)13-33-25(32)16-7-9-17(10-8-16)28-23(30)18-11-20(26)21(27)12-19(18)24(28)31/h3-12H,2,13H2,1H3. The van der Waals surface area contributed by atoms with Crippen LogP contribution in [0.2, 0.25) is 10.0 Å². The van der Waals surface area contributed by atoms with Gasteiger partial charge in [-0.2, -0.15) is 0 Å². The lowest BCUT2D eigenvalue weighted by Gasteiger charge is -2.14. The van der Waals surface area contributed by atoms with Crippen molar-refractivity contribution in [3.8, 4) is 0 Å². The Bertz CT molecular complexity index is 1240. The molecule has 0 aliphatic carbocycles. The molecule has 2 amide bonds. The average molecular weight is 482 g/mol. The SMILES string of the molecule is CCc1ccc(C(=O)COC(=O)c2ccc(N3C(=O)c4cc(Cl)c(Cl)cc4C3=O)cc2)cc1. The van der Waals surface area contributed by atoms with Crippen molar-refractivity contribution in [1.29, 1.82) is 0 Å². The summed E-state index contributed by atoms with van der Waals surface area (Å²) in [7, 11) is 0. The number of rotatable bonds is 6. The number of imide groups is 1. The monoisotopic (exact) mass is 481 g/mol. The Morgan fingerprint density at radius 3 is 1.85 bits per heavy atom. The first kappa shape index (κ1) is 22.7. The Hall–Kier alpha value is -3.48. The first-order valence-corrected chi connectivity index (χ1v) is 10.8. The summed E-state index contributed by atoms with van der Waals surface area (Å²) in [6, 6.07) is 15.6. The highest BCUT2D eigenvalue weighted by molar-refractivity contribution is 6.44. The molecule has 3 aromatic carbocycles. The van der Waals surface area contributed by atoms with Crippen LogP contribution >= 0.6 is 23.2 Å². The van der Waals surface area contributed by atoms with E-state index in [2.05, 4.69) is 0 Å². The summed E-state index contributed by atoms with van der Waals surface area (Å²) in [5.74, 6) is -2.08. The second kappa shape index (κ2) is 9.17. The van der Waals surface area contributed by atoms with Gasteiger partial charge in [0, 0.05) is 5.56 Å². The van der Waals surface area contributed by atoms with Gasteiger partial charge in [0.1, 0.15) is 0 Å². The van der Waals surface area contributed by atoms with E-state index in [1.165, 1.54) is 36.4 Å². The van der Waals surface area contributed by atoms with E-state index in [1.54, 1.807) is 12.1 Å². The molecule has 1 aliphatic rings. The van der Waals surface area contributed by atoms with E-state index in [1.807, 2.05) is 19.1 Å². The summed E-state index contributed by atoms with van der Waals surface area (Å²) in [6.07, 6.45) is 0.863. The molecule has 0 saturated carbocycles. The van der Waals surface area contributed by atoms with Crippen LogP contribution in [0.4, 0.5) is 5.69 Å². The van der Waals surface area contributed by atoms with E-state index in [4.69, 9.17) is 27.9 Å². The summed E-state index contributed by atoms with van der Waals surface area (Å²) in [5, 5.41) is 0.347. The minimum absolute atomic E-state index is 0.156. The second-order valence-corrected chi connectivity index (χ2v) is 8.17. The number of fused-ring (bicyclic) bond motifs is 1. The quantitative estimate of drug-likeness (QED) is 0.267. The van der Waals surface area contributed by atoms with E-state index in [0.29, 0.717) is 5.56 Å². The van der Waals surface area contributed by atoms with Gasteiger partial charge in [-0.3, -0.25) is 14.4 Å². The molecule has 0 N–H and O–H groups in total. The molecule has 1 heterocycles. The topological polar surface area (TPSA) is 80.8 Å². The van der Waals surface area contributed by atoms with Gasteiger partial charge < -0.3 is 4.74 Å². The molecule has 0 fully saturated rings. The molecule has 0 bridgehead atoms. The molecule has 166 valence electrons. The number of amides is 2. The smallest absolute Gasteiger partial charge is 0.338 e. The van der Waals surface area contributed by atoms with E-state index in [-0.39, 0.29) is 38.2 Å². The van der Waals surface area contributed by atoms with Crippen molar-refractivity contribution in [2.24, 2.45) is 0 Å². The number of ether oxygens (including phenoxy) is 1. The van der Waals surface area contributed by atoms with Crippen molar-refractivity contribution >= 4 is 52.5 Å². The molecular formula is C25H17Cl2NO5. The zero-order valence-electron chi connectivity index (χ0n) is 17.4. The fraction of sp³-hybridized carbons (Fsp3) is 0.120. The first-order chi connectivity index (χ1) is 15.8. The van der Waals surface area contributed by atoms with Crippen LogP contribution in [0.25, 0.3) is 0 Å². The fourth-order valence-corrected chi connectivity index (χ4v) is 3.77. The zero-order valence-corrected chi connectivity index (χ0v) is 18.9. The summed E-state index contributed by atoms with van der Waals surface area (Å²) in [5.41, 5.74) is 2.33. The lowest BCUT2D eigenvalue weighted by atomic mass is 10.1. The highest BCUT2D eigenvalue weighted by Gasteiger charge is 2.37. The van der Waals surface area contributed by atoms with Gasteiger partial charge in [-0.05, 0) is 48.4 Å². The van der Waals surface area contributed by atoms with Crippen molar-refractivity contribution in [2.75, 3.05) is 11.5 Å². The molecule has 33 heavy (non-hydrogen) atoms. The van der Waals surface area contributed by atoms with Gasteiger partial charge in [0.05, 0.1) is 32.4 Å². The number of halogens is 2. The molecule has 8 heteroatoms. The molecule has 1 aliphatic heterocycles. The van der Waals surface area contributed by atoms with Crippen LogP contribution in [0, 0.1) is 0 Å². The molecule has 0 saturated heterocycles. The van der Waals surface area contributed by atoms with Crippen molar-refractivity contribution in [1.82, 2.24) is 0 Å². The van der Waals surface area contributed by atoms with Crippen molar-refractivity contribution in [3.05, 3.63) is 98.5 Å². The number of carbonyl (C=O) groups excluding carboxylic acids is 4. The number of hydrogen-bond acceptors (Lipinski definition) is 5. The molecule has 0 atom stereocenters. The Labute approximate surface area is 199 Å². The minimum atomic E-state index is -0.694. The third-order valence-electron chi connectivity index (χ3n) is 5.31. The number of hydrogen-bond donors (Lipinski definition) is 0. The zero-order chi connectivity index (χ0) is 23.7. The molecule has 0 aromatic heterocycles. The van der Waals surface area contributed by atoms with Gasteiger partial charge >= 0.3 is 5.97 Å². The normalized spacial score (nSPS) is 12.6. The van der Waals surface area contributed by atoms with Crippen LogP contribution in [0.15, 0.2) is 60.7 Å². The minimum Gasteiger partial charge on any atom is -0.454 e. The maximum atomic E-state index is 12.7. The third-order valence-corrected chi connectivity index (χ3v) is 6.03. The van der Waals surface area contributed by atoms with Gasteiger partial charge in [0.25, 0.3) is 11.8 Å². The summed E-state index contributed by atoms with van der Waals surface area (Å²) in [4.78, 5) is 51.0. The highest BCUT2D eigenvalue weighted by atomic mass is 35.5. The first-order valence-electron chi connectivity index (χ1n) is 10.1. The van der Waals surface area contributed by atoms with E-state index >= 15 is 0 Å². The van der Waals surface area contributed by atoms with Gasteiger partial charge in [-0.25, -0.2) is 9.69 Å².